The number of allylic oxidation sites excluding steroid dienone is 1. The van der Waals surface area contributed by atoms with Gasteiger partial charge in [-0.2, -0.15) is 0 Å². The van der Waals surface area contributed by atoms with Crippen molar-refractivity contribution in [3.63, 3.8) is 0 Å². The first-order valence-electron chi connectivity index (χ1n) is 4.34. The smallest absolute Gasteiger partial charge is 0.0470 e. The maximum atomic E-state index is 5.93. The first kappa shape index (κ1) is 6.98. The molecule has 1 atom stereocenters. The van der Waals surface area contributed by atoms with Crippen LogP contribution in [0.15, 0.2) is 11.4 Å². The van der Waals surface area contributed by atoms with Gasteiger partial charge in [-0.3, -0.25) is 0 Å². The number of hydrogen-bond donors (Lipinski definition) is 3. The van der Waals surface area contributed by atoms with E-state index in [-0.39, 0.29) is 6.04 Å². The van der Waals surface area contributed by atoms with E-state index in [9.17, 15) is 0 Å². The van der Waals surface area contributed by atoms with Crippen LogP contribution in [0, 0.1) is 0 Å². The van der Waals surface area contributed by atoms with Crippen molar-refractivity contribution in [2.75, 3.05) is 13.1 Å². The largest absolute Gasteiger partial charge is 0.385 e. The quantitative estimate of drug-likeness (QED) is 0.455. The molecule has 0 aromatic heterocycles. The van der Waals surface area contributed by atoms with Crippen molar-refractivity contribution in [2.45, 2.75) is 25.3 Å². The zero-order chi connectivity index (χ0) is 7.68. The lowest BCUT2D eigenvalue weighted by atomic mass is 9.96. The fraction of sp³-hybridized carbons (Fsp3) is 0.750. The minimum Gasteiger partial charge on any atom is -0.385 e. The topological polar surface area (TPSA) is 50.1 Å². The van der Waals surface area contributed by atoms with Crippen LogP contribution in [0.2, 0.25) is 0 Å². The molecule has 1 aliphatic heterocycles. The minimum atomic E-state index is 0.256. The van der Waals surface area contributed by atoms with Gasteiger partial charge in [-0.25, -0.2) is 0 Å². The molecule has 11 heavy (non-hydrogen) atoms. The van der Waals surface area contributed by atoms with E-state index >= 15 is 0 Å². The van der Waals surface area contributed by atoms with Gasteiger partial charge in [0, 0.05) is 30.5 Å². The Morgan fingerprint density at radius 3 is 2.91 bits per heavy atom. The van der Waals surface area contributed by atoms with Crippen LogP contribution < -0.4 is 16.4 Å². The van der Waals surface area contributed by atoms with Crippen LogP contribution in [0.4, 0.5) is 0 Å². The van der Waals surface area contributed by atoms with Gasteiger partial charge in [-0.1, -0.05) is 0 Å². The summed E-state index contributed by atoms with van der Waals surface area (Å²) in [5.41, 5.74) is 8.55. The Hall–Kier alpha value is -0.700. The van der Waals surface area contributed by atoms with Crippen molar-refractivity contribution in [3.8, 4) is 0 Å². The fourth-order valence-corrected chi connectivity index (χ4v) is 1.83. The van der Waals surface area contributed by atoms with Gasteiger partial charge in [-0.15, -0.1) is 0 Å². The summed E-state index contributed by atoms with van der Waals surface area (Å²) in [6.07, 6.45) is 3.54. The van der Waals surface area contributed by atoms with E-state index in [1.807, 2.05) is 0 Å². The van der Waals surface area contributed by atoms with E-state index in [4.69, 9.17) is 5.73 Å². The lowest BCUT2D eigenvalue weighted by Crippen LogP contribution is -2.44. The second kappa shape index (κ2) is 2.74. The van der Waals surface area contributed by atoms with Gasteiger partial charge in [-0.05, 0) is 19.3 Å². The van der Waals surface area contributed by atoms with E-state index in [2.05, 4.69) is 10.6 Å². The molecule has 0 saturated carbocycles. The Morgan fingerprint density at radius 1 is 1.27 bits per heavy atom. The molecular weight excluding hydrogens is 138 g/mol. The van der Waals surface area contributed by atoms with Crippen molar-refractivity contribution in [2.24, 2.45) is 5.73 Å². The normalized spacial score (nSPS) is 30.5. The maximum absolute atomic E-state index is 5.93. The Morgan fingerprint density at radius 2 is 2.09 bits per heavy atom. The van der Waals surface area contributed by atoms with Crippen LogP contribution in [-0.4, -0.2) is 19.1 Å². The van der Waals surface area contributed by atoms with E-state index in [1.165, 1.54) is 24.2 Å². The third-order valence-electron chi connectivity index (χ3n) is 2.42. The molecule has 0 radical (unpaired) electrons. The number of hydrogen-bond acceptors (Lipinski definition) is 3. The standard InChI is InChI=1S/C8H15N3/c9-6-2-1-3-7-8(6)11-5-4-10-7/h6,10-11H,1-5,9H2. The highest BCUT2D eigenvalue weighted by Gasteiger charge is 2.21. The van der Waals surface area contributed by atoms with Gasteiger partial charge < -0.3 is 16.4 Å². The molecule has 1 heterocycles. The predicted octanol–water partition coefficient (Wildman–Crippen LogP) is -0.0980. The van der Waals surface area contributed by atoms with Gasteiger partial charge in [0.15, 0.2) is 0 Å². The molecule has 0 aromatic carbocycles. The summed E-state index contributed by atoms with van der Waals surface area (Å²) < 4.78 is 0. The third-order valence-corrected chi connectivity index (χ3v) is 2.42. The molecule has 0 saturated heterocycles. The molecule has 0 fully saturated rings. The molecule has 3 nitrogen and oxygen atoms in total. The first-order chi connectivity index (χ1) is 5.38. The van der Waals surface area contributed by atoms with Gasteiger partial charge in [0.25, 0.3) is 0 Å². The van der Waals surface area contributed by atoms with Crippen LogP contribution in [0.1, 0.15) is 19.3 Å². The zero-order valence-corrected chi connectivity index (χ0v) is 6.69. The number of nitrogens with one attached hydrogen (secondary N) is 2. The Labute approximate surface area is 67.0 Å². The fourth-order valence-electron chi connectivity index (χ4n) is 1.83. The molecule has 0 aromatic rings. The van der Waals surface area contributed by atoms with Gasteiger partial charge in [0.1, 0.15) is 0 Å². The molecule has 2 aliphatic rings. The Balaban J connectivity index is 2.21. The Kier molecular flexibility index (Phi) is 1.74. The van der Waals surface area contributed by atoms with Crippen LogP contribution in [0.3, 0.4) is 0 Å². The molecule has 2 rings (SSSR count). The van der Waals surface area contributed by atoms with Crippen molar-refractivity contribution in [1.29, 1.82) is 0 Å². The van der Waals surface area contributed by atoms with Crippen LogP contribution in [0.25, 0.3) is 0 Å². The molecule has 3 heteroatoms. The first-order valence-corrected chi connectivity index (χ1v) is 4.34. The molecule has 4 N–H and O–H groups in total. The maximum Gasteiger partial charge on any atom is 0.0470 e. The van der Waals surface area contributed by atoms with Crippen molar-refractivity contribution >= 4 is 0 Å². The molecule has 1 unspecified atom stereocenters. The average Bonchev–Trinajstić information content (AvgIpc) is 2.06. The molecule has 0 amide bonds. The highest BCUT2D eigenvalue weighted by Crippen LogP contribution is 2.21. The molecule has 62 valence electrons. The zero-order valence-electron chi connectivity index (χ0n) is 6.69. The van der Waals surface area contributed by atoms with Crippen molar-refractivity contribution in [3.05, 3.63) is 11.4 Å². The van der Waals surface area contributed by atoms with E-state index in [0.717, 1.165) is 19.5 Å². The molecule has 0 spiro atoms. The SMILES string of the molecule is NC1CCCC2=C1NCCN2. The van der Waals surface area contributed by atoms with Crippen molar-refractivity contribution < 1.29 is 0 Å². The number of nitrogens with two attached hydrogens (primary N) is 1. The van der Waals surface area contributed by atoms with E-state index in [1.54, 1.807) is 0 Å². The molecular formula is C8H15N3. The lowest BCUT2D eigenvalue weighted by Gasteiger charge is -2.31. The second-order valence-electron chi connectivity index (χ2n) is 3.24. The van der Waals surface area contributed by atoms with Gasteiger partial charge >= 0.3 is 0 Å². The summed E-state index contributed by atoms with van der Waals surface area (Å²) in [6, 6.07) is 0.256. The summed E-state index contributed by atoms with van der Waals surface area (Å²) in [6.45, 7) is 2.07. The summed E-state index contributed by atoms with van der Waals surface area (Å²) in [4.78, 5) is 0. The average molecular weight is 153 g/mol. The lowest BCUT2D eigenvalue weighted by molar-refractivity contribution is 0.490. The second-order valence-corrected chi connectivity index (χ2v) is 3.24. The predicted molar refractivity (Wildman–Crippen MR) is 44.9 cm³/mol. The Bertz CT molecular complexity index is 182. The number of rotatable bonds is 0. The molecule has 0 bridgehead atoms. The highest BCUT2D eigenvalue weighted by molar-refractivity contribution is 5.21. The summed E-state index contributed by atoms with van der Waals surface area (Å²) >= 11 is 0. The summed E-state index contributed by atoms with van der Waals surface area (Å²) in [7, 11) is 0. The third kappa shape index (κ3) is 1.20. The van der Waals surface area contributed by atoms with Crippen LogP contribution >= 0.6 is 0 Å². The van der Waals surface area contributed by atoms with Gasteiger partial charge in [0.05, 0.1) is 0 Å². The van der Waals surface area contributed by atoms with E-state index in [0.29, 0.717) is 0 Å². The molecule has 1 aliphatic carbocycles. The van der Waals surface area contributed by atoms with Crippen molar-refractivity contribution in [1.82, 2.24) is 10.6 Å². The van der Waals surface area contributed by atoms with Gasteiger partial charge in [0.2, 0.25) is 0 Å². The van der Waals surface area contributed by atoms with E-state index < -0.39 is 0 Å². The monoisotopic (exact) mass is 153 g/mol. The highest BCUT2D eigenvalue weighted by atomic mass is 15.1. The van der Waals surface area contributed by atoms with Crippen LogP contribution in [0.5, 0.6) is 0 Å². The summed E-state index contributed by atoms with van der Waals surface area (Å²) in [5.74, 6) is 0. The summed E-state index contributed by atoms with van der Waals surface area (Å²) in [5, 5.41) is 6.75. The van der Waals surface area contributed by atoms with Crippen LogP contribution in [-0.2, 0) is 0 Å². The minimum absolute atomic E-state index is 0.256.